The van der Waals surface area contributed by atoms with Crippen molar-refractivity contribution in [2.24, 2.45) is 0 Å². The van der Waals surface area contributed by atoms with Gasteiger partial charge in [-0.3, -0.25) is 14.3 Å². The van der Waals surface area contributed by atoms with Crippen LogP contribution in [0.4, 0.5) is 31.9 Å². The molecule has 0 saturated heterocycles. The number of nitrogens with one attached hydrogen (secondary N) is 5. The predicted octanol–water partition coefficient (Wildman–Crippen LogP) is 5.36. The lowest BCUT2D eigenvalue weighted by Gasteiger charge is -2.12. The van der Waals surface area contributed by atoms with Crippen molar-refractivity contribution in [1.82, 2.24) is 4.98 Å². The van der Waals surface area contributed by atoms with Gasteiger partial charge in [0.1, 0.15) is 5.82 Å². The van der Waals surface area contributed by atoms with Crippen LogP contribution in [0.3, 0.4) is 0 Å². The van der Waals surface area contributed by atoms with E-state index < -0.39 is 33.3 Å². The van der Waals surface area contributed by atoms with Crippen molar-refractivity contribution in [2.75, 3.05) is 20.7 Å². The van der Waals surface area contributed by atoms with Crippen LogP contribution in [-0.2, 0) is 10.0 Å². The SMILES string of the molecule is O=C(Nc1ccccc1)Nc1ccc(NC(=O)c2cc(=O)[nH]c3ccc(S(=O)(=O)Nc4ccc(F)cc4)cc23)cc1. The zero-order valence-corrected chi connectivity index (χ0v) is 22.0. The van der Waals surface area contributed by atoms with Gasteiger partial charge in [0.25, 0.3) is 15.9 Å². The molecule has 5 aromatic rings. The number of urea groups is 1. The fraction of sp³-hybridized carbons (Fsp3) is 0. The molecule has 0 spiro atoms. The van der Waals surface area contributed by atoms with Crippen molar-refractivity contribution in [3.05, 3.63) is 125 Å². The Morgan fingerprint density at radius 1 is 0.683 bits per heavy atom. The number of aromatic amines is 1. The molecule has 41 heavy (non-hydrogen) atoms. The van der Waals surface area contributed by atoms with E-state index in [4.69, 9.17) is 0 Å². The van der Waals surface area contributed by atoms with Gasteiger partial charge in [-0.25, -0.2) is 17.6 Å². The van der Waals surface area contributed by atoms with Crippen molar-refractivity contribution >= 4 is 55.6 Å². The van der Waals surface area contributed by atoms with Gasteiger partial charge in [0.15, 0.2) is 0 Å². The van der Waals surface area contributed by atoms with E-state index in [-0.39, 0.29) is 27.0 Å². The number of amides is 3. The number of fused-ring (bicyclic) bond motifs is 1. The summed E-state index contributed by atoms with van der Waals surface area (Å²) >= 11 is 0. The highest BCUT2D eigenvalue weighted by Crippen LogP contribution is 2.24. The lowest BCUT2D eigenvalue weighted by molar-refractivity contribution is 0.102. The first-order chi connectivity index (χ1) is 19.7. The second-order valence-electron chi connectivity index (χ2n) is 8.84. The van der Waals surface area contributed by atoms with Crippen molar-refractivity contribution in [3.8, 4) is 0 Å². The largest absolute Gasteiger partial charge is 0.323 e. The minimum absolute atomic E-state index is 0.0491. The molecule has 0 fully saturated rings. The van der Waals surface area contributed by atoms with Crippen LogP contribution in [0.15, 0.2) is 113 Å². The van der Waals surface area contributed by atoms with Crippen LogP contribution >= 0.6 is 0 Å². The maximum absolute atomic E-state index is 13.2. The van der Waals surface area contributed by atoms with Crippen LogP contribution in [0.1, 0.15) is 10.4 Å². The maximum Gasteiger partial charge on any atom is 0.323 e. The summed E-state index contributed by atoms with van der Waals surface area (Å²) < 4.78 is 41.5. The number of rotatable bonds is 7. The molecule has 0 saturated carbocycles. The molecule has 1 aromatic heterocycles. The number of anilines is 4. The Morgan fingerprint density at radius 3 is 1.93 bits per heavy atom. The van der Waals surface area contributed by atoms with Crippen LogP contribution in [0.25, 0.3) is 10.9 Å². The molecule has 0 bridgehead atoms. The Kier molecular flexibility index (Phi) is 7.48. The monoisotopic (exact) mass is 571 g/mol. The summed E-state index contributed by atoms with van der Waals surface area (Å²) in [5.41, 5.74) is 1.29. The number of H-pyrrole nitrogens is 1. The zero-order valence-electron chi connectivity index (χ0n) is 21.1. The lowest BCUT2D eigenvalue weighted by atomic mass is 10.1. The molecule has 0 aliphatic carbocycles. The van der Waals surface area contributed by atoms with E-state index in [2.05, 4.69) is 25.7 Å². The number of carbonyl (C=O) groups is 2. The average molecular weight is 572 g/mol. The first-order valence-electron chi connectivity index (χ1n) is 12.2. The number of hydrogen-bond donors (Lipinski definition) is 5. The van der Waals surface area contributed by atoms with E-state index in [1.807, 2.05) is 6.07 Å². The van der Waals surface area contributed by atoms with E-state index in [0.717, 1.165) is 18.2 Å². The molecule has 0 radical (unpaired) electrons. The molecular formula is C29H22FN5O5S. The van der Waals surface area contributed by atoms with Gasteiger partial charge in [-0.1, -0.05) is 18.2 Å². The molecule has 0 aliphatic heterocycles. The van der Waals surface area contributed by atoms with E-state index >= 15 is 0 Å². The molecule has 0 unspecified atom stereocenters. The summed E-state index contributed by atoms with van der Waals surface area (Å²) in [5, 5.41) is 8.26. The number of pyridine rings is 1. The number of aromatic nitrogens is 1. The van der Waals surface area contributed by atoms with Gasteiger partial charge in [0, 0.05) is 39.7 Å². The number of hydrogen-bond acceptors (Lipinski definition) is 5. The minimum Gasteiger partial charge on any atom is -0.322 e. The average Bonchev–Trinajstić information content (AvgIpc) is 2.95. The lowest BCUT2D eigenvalue weighted by Crippen LogP contribution is -2.19. The number of para-hydroxylation sites is 1. The topological polar surface area (TPSA) is 149 Å². The van der Waals surface area contributed by atoms with Crippen molar-refractivity contribution in [1.29, 1.82) is 0 Å². The van der Waals surface area contributed by atoms with E-state index in [1.54, 1.807) is 48.5 Å². The summed E-state index contributed by atoms with van der Waals surface area (Å²) in [4.78, 5) is 40.1. The molecular weight excluding hydrogens is 549 g/mol. The van der Waals surface area contributed by atoms with Gasteiger partial charge in [-0.05, 0) is 78.9 Å². The molecule has 0 atom stereocenters. The normalized spacial score (nSPS) is 11.0. The third kappa shape index (κ3) is 6.57. The van der Waals surface area contributed by atoms with Crippen molar-refractivity contribution in [2.45, 2.75) is 4.90 Å². The van der Waals surface area contributed by atoms with Crippen LogP contribution in [0, 0.1) is 5.82 Å². The highest BCUT2D eigenvalue weighted by molar-refractivity contribution is 7.92. The third-order valence-electron chi connectivity index (χ3n) is 5.90. The quantitative estimate of drug-likeness (QED) is 0.178. The maximum atomic E-state index is 13.2. The number of benzene rings is 4. The van der Waals surface area contributed by atoms with Gasteiger partial charge >= 0.3 is 6.03 Å². The van der Waals surface area contributed by atoms with Crippen LogP contribution in [0.2, 0.25) is 0 Å². The van der Waals surface area contributed by atoms with Gasteiger partial charge in [0.2, 0.25) is 5.56 Å². The first kappa shape index (κ1) is 27.1. The Bertz CT molecular complexity index is 1910. The number of carbonyl (C=O) groups excluding carboxylic acids is 2. The Labute approximate surface area is 233 Å². The van der Waals surface area contributed by atoms with E-state index in [9.17, 15) is 27.2 Å². The molecule has 10 nitrogen and oxygen atoms in total. The summed E-state index contributed by atoms with van der Waals surface area (Å²) in [5.74, 6) is -1.16. The van der Waals surface area contributed by atoms with Crippen molar-refractivity contribution < 1.29 is 22.4 Å². The number of halogens is 1. The molecule has 12 heteroatoms. The summed E-state index contributed by atoms with van der Waals surface area (Å²) in [6, 6.07) is 24.6. The van der Waals surface area contributed by atoms with Crippen LogP contribution in [-0.4, -0.2) is 25.3 Å². The molecule has 4 aromatic carbocycles. The van der Waals surface area contributed by atoms with Crippen molar-refractivity contribution in [3.63, 3.8) is 0 Å². The van der Waals surface area contributed by atoms with Gasteiger partial charge in [0.05, 0.1) is 10.5 Å². The van der Waals surface area contributed by atoms with Gasteiger partial charge in [-0.15, -0.1) is 0 Å². The fourth-order valence-electron chi connectivity index (χ4n) is 3.97. The Hall–Kier alpha value is -5.49. The molecule has 5 N–H and O–H groups in total. The predicted molar refractivity (Wildman–Crippen MR) is 155 cm³/mol. The second-order valence-corrected chi connectivity index (χ2v) is 10.5. The van der Waals surface area contributed by atoms with Crippen LogP contribution in [0.5, 0.6) is 0 Å². The highest BCUT2D eigenvalue weighted by atomic mass is 32.2. The standard InChI is InChI=1S/C29H22FN5O5S/c30-18-6-8-22(9-7-18)35-41(39,40)23-14-15-26-24(16-23)25(17-27(36)34-26)28(37)31-20-10-12-21(13-11-20)33-29(38)32-19-4-2-1-3-5-19/h1-17,35H,(H,31,37)(H,34,36)(H2,32,33,38). The Balaban J connectivity index is 1.34. The number of sulfonamides is 1. The Morgan fingerprint density at radius 2 is 1.27 bits per heavy atom. The third-order valence-corrected chi connectivity index (χ3v) is 7.28. The smallest absolute Gasteiger partial charge is 0.322 e. The zero-order chi connectivity index (χ0) is 29.0. The molecule has 0 aliphatic rings. The molecule has 3 amide bonds. The van der Waals surface area contributed by atoms with Gasteiger partial charge < -0.3 is 20.9 Å². The van der Waals surface area contributed by atoms with E-state index in [1.165, 1.54) is 30.3 Å². The molecule has 206 valence electrons. The molecule has 5 rings (SSSR count). The highest BCUT2D eigenvalue weighted by Gasteiger charge is 2.19. The molecule has 1 heterocycles. The summed E-state index contributed by atoms with van der Waals surface area (Å²) in [6.45, 7) is 0. The minimum atomic E-state index is -4.10. The summed E-state index contributed by atoms with van der Waals surface area (Å²) in [7, 11) is -4.10. The second kappa shape index (κ2) is 11.3. The van der Waals surface area contributed by atoms with Crippen LogP contribution < -0.4 is 26.2 Å². The fourth-order valence-corrected chi connectivity index (χ4v) is 5.05. The summed E-state index contributed by atoms with van der Waals surface area (Å²) in [6.07, 6.45) is 0. The van der Waals surface area contributed by atoms with E-state index in [0.29, 0.717) is 17.1 Å². The first-order valence-corrected chi connectivity index (χ1v) is 13.6. The van der Waals surface area contributed by atoms with Gasteiger partial charge in [-0.2, -0.15) is 0 Å².